The molecule has 0 spiro atoms. The zero-order chi connectivity index (χ0) is 13.0. The molecule has 4 heteroatoms. The van der Waals surface area contributed by atoms with Crippen LogP contribution in [0.15, 0.2) is 48.5 Å². The van der Waals surface area contributed by atoms with Crippen LogP contribution in [0, 0.1) is 5.82 Å². The van der Waals surface area contributed by atoms with Crippen LogP contribution in [0.2, 0.25) is 0 Å². The molecule has 3 nitrogen and oxygen atoms in total. The third-order valence-corrected chi connectivity index (χ3v) is 2.57. The lowest BCUT2D eigenvalue weighted by molar-refractivity contribution is 0.0696. The Morgan fingerprint density at radius 2 is 1.78 bits per heavy atom. The van der Waals surface area contributed by atoms with Gasteiger partial charge in [0.05, 0.1) is 5.56 Å². The van der Waals surface area contributed by atoms with Gasteiger partial charge in [0, 0.05) is 12.2 Å². The molecule has 0 aromatic heterocycles. The average Bonchev–Trinajstić information content (AvgIpc) is 2.38. The van der Waals surface area contributed by atoms with E-state index >= 15 is 0 Å². The van der Waals surface area contributed by atoms with Crippen LogP contribution in [0.25, 0.3) is 0 Å². The molecule has 2 aromatic rings. The van der Waals surface area contributed by atoms with Gasteiger partial charge in [0.1, 0.15) is 5.82 Å². The van der Waals surface area contributed by atoms with Crippen molar-refractivity contribution >= 4 is 11.7 Å². The number of anilines is 1. The lowest BCUT2D eigenvalue weighted by Crippen LogP contribution is -2.06. The fourth-order valence-corrected chi connectivity index (χ4v) is 1.65. The van der Waals surface area contributed by atoms with E-state index in [-0.39, 0.29) is 11.4 Å². The summed E-state index contributed by atoms with van der Waals surface area (Å²) in [5.74, 6) is -1.25. The van der Waals surface area contributed by atoms with Crippen molar-refractivity contribution in [2.45, 2.75) is 6.54 Å². The van der Waals surface area contributed by atoms with E-state index in [1.807, 2.05) is 0 Å². The van der Waals surface area contributed by atoms with Gasteiger partial charge in [-0.3, -0.25) is 0 Å². The van der Waals surface area contributed by atoms with Crippen LogP contribution in [0.5, 0.6) is 0 Å². The molecule has 0 radical (unpaired) electrons. The minimum absolute atomic E-state index is 0.270. The normalized spacial score (nSPS) is 10.1. The van der Waals surface area contributed by atoms with Gasteiger partial charge in [-0.1, -0.05) is 18.2 Å². The van der Waals surface area contributed by atoms with E-state index in [1.54, 1.807) is 36.4 Å². The van der Waals surface area contributed by atoms with Crippen LogP contribution in [-0.2, 0) is 6.54 Å². The van der Waals surface area contributed by atoms with Crippen LogP contribution in [0.4, 0.5) is 10.1 Å². The lowest BCUT2D eigenvalue weighted by atomic mass is 10.1. The van der Waals surface area contributed by atoms with Gasteiger partial charge in [-0.15, -0.1) is 0 Å². The molecule has 2 N–H and O–H groups in total. The first kappa shape index (κ1) is 12.1. The average molecular weight is 245 g/mol. The number of aromatic carboxylic acids is 1. The van der Waals surface area contributed by atoms with E-state index < -0.39 is 5.97 Å². The number of halogens is 1. The second-order valence-corrected chi connectivity index (χ2v) is 3.82. The van der Waals surface area contributed by atoms with Gasteiger partial charge in [0.25, 0.3) is 0 Å². The largest absolute Gasteiger partial charge is 0.478 e. The van der Waals surface area contributed by atoms with Crippen LogP contribution >= 0.6 is 0 Å². The van der Waals surface area contributed by atoms with Gasteiger partial charge in [-0.25, -0.2) is 9.18 Å². The second kappa shape index (κ2) is 5.31. The number of hydrogen-bond donors (Lipinski definition) is 2. The third-order valence-electron chi connectivity index (χ3n) is 2.57. The molecule has 0 aliphatic heterocycles. The number of carbonyl (C=O) groups is 1. The number of benzene rings is 2. The van der Waals surface area contributed by atoms with Gasteiger partial charge in [0.2, 0.25) is 0 Å². The molecule has 2 rings (SSSR count). The van der Waals surface area contributed by atoms with E-state index in [0.29, 0.717) is 12.1 Å². The van der Waals surface area contributed by atoms with Crippen LogP contribution in [-0.4, -0.2) is 11.1 Å². The van der Waals surface area contributed by atoms with E-state index in [2.05, 4.69) is 5.32 Å². The Labute approximate surface area is 104 Å². The number of hydrogen-bond acceptors (Lipinski definition) is 2. The third kappa shape index (κ3) is 2.85. The second-order valence-electron chi connectivity index (χ2n) is 3.82. The molecule has 0 fully saturated rings. The summed E-state index contributed by atoms with van der Waals surface area (Å²) in [4.78, 5) is 11.0. The first-order valence-corrected chi connectivity index (χ1v) is 5.47. The molecule has 0 saturated carbocycles. The number of rotatable bonds is 4. The Morgan fingerprint density at radius 3 is 2.44 bits per heavy atom. The van der Waals surface area contributed by atoms with E-state index in [1.165, 1.54) is 12.1 Å². The monoisotopic (exact) mass is 245 g/mol. The SMILES string of the molecule is O=C(O)c1ccccc1CNc1ccc(F)cc1. The molecule has 0 aliphatic carbocycles. The highest BCUT2D eigenvalue weighted by Crippen LogP contribution is 2.13. The Kier molecular flexibility index (Phi) is 3.57. The summed E-state index contributed by atoms with van der Waals surface area (Å²) in [6, 6.07) is 12.7. The molecule has 0 atom stereocenters. The van der Waals surface area contributed by atoms with Crippen molar-refractivity contribution in [2.24, 2.45) is 0 Å². The molecule has 0 bridgehead atoms. The molecule has 2 aromatic carbocycles. The standard InChI is InChI=1S/C14H12FNO2/c15-11-5-7-12(8-6-11)16-9-10-3-1-2-4-13(10)14(17)18/h1-8,16H,9H2,(H,17,18). The van der Waals surface area contributed by atoms with E-state index in [0.717, 1.165) is 5.69 Å². The summed E-state index contributed by atoms with van der Waals surface area (Å²) >= 11 is 0. The minimum atomic E-state index is -0.952. The first-order valence-electron chi connectivity index (χ1n) is 5.47. The van der Waals surface area contributed by atoms with Crippen LogP contribution in [0.1, 0.15) is 15.9 Å². The van der Waals surface area contributed by atoms with Crippen molar-refractivity contribution in [3.63, 3.8) is 0 Å². The van der Waals surface area contributed by atoms with Crippen LogP contribution < -0.4 is 5.32 Å². The van der Waals surface area contributed by atoms with Crippen molar-refractivity contribution in [3.05, 3.63) is 65.5 Å². The number of carboxylic acids is 1. The maximum absolute atomic E-state index is 12.7. The topological polar surface area (TPSA) is 49.3 Å². The molecule has 0 heterocycles. The fraction of sp³-hybridized carbons (Fsp3) is 0.0714. The zero-order valence-electron chi connectivity index (χ0n) is 9.56. The van der Waals surface area contributed by atoms with Crippen molar-refractivity contribution < 1.29 is 14.3 Å². The predicted octanol–water partition coefficient (Wildman–Crippen LogP) is 3.14. The van der Waals surface area contributed by atoms with Gasteiger partial charge in [0.15, 0.2) is 0 Å². The highest BCUT2D eigenvalue weighted by Gasteiger charge is 2.08. The lowest BCUT2D eigenvalue weighted by Gasteiger charge is -2.08. The minimum Gasteiger partial charge on any atom is -0.478 e. The van der Waals surface area contributed by atoms with Gasteiger partial charge < -0.3 is 10.4 Å². The van der Waals surface area contributed by atoms with Gasteiger partial charge in [-0.05, 0) is 35.9 Å². The summed E-state index contributed by atoms with van der Waals surface area (Å²) in [5, 5.41) is 12.1. The quantitative estimate of drug-likeness (QED) is 0.870. The van der Waals surface area contributed by atoms with E-state index in [9.17, 15) is 9.18 Å². The van der Waals surface area contributed by atoms with Gasteiger partial charge >= 0.3 is 5.97 Å². The number of carboxylic acid groups (broad SMARTS) is 1. The maximum atomic E-state index is 12.7. The molecule has 0 saturated heterocycles. The predicted molar refractivity (Wildman–Crippen MR) is 67.1 cm³/mol. The highest BCUT2D eigenvalue weighted by atomic mass is 19.1. The summed E-state index contributed by atoms with van der Waals surface area (Å²) in [7, 11) is 0. The first-order chi connectivity index (χ1) is 8.66. The molecule has 0 unspecified atom stereocenters. The molecular formula is C14H12FNO2. The Balaban J connectivity index is 2.10. The van der Waals surface area contributed by atoms with Crippen LogP contribution in [0.3, 0.4) is 0 Å². The molecule has 92 valence electrons. The van der Waals surface area contributed by atoms with Crippen molar-refractivity contribution in [1.29, 1.82) is 0 Å². The molecular weight excluding hydrogens is 233 g/mol. The zero-order valence-corrected chi connectivity index (χ0v) is 9.56. The highest BCUT2D eigenvalue weighted by molar-refractivity contribution is 5.89. The smallest absolute Gasteiger partial charge is 0.336 e. The molecule has 0 amide bonds. The van der Waals surface area contributed by atoms with E-state index in [4.69, 9.17) is 5.11 Å². The summed E-state index contributed by atoms with van der Waals surface area (Å²) in [6.45, 7) is 0.383. The summed E-state index contributed by atoms with van der Waals surface area (Å²) in [6.07, 6.45) is 0. The van der Waals surface area contributed by atoms with Crippen molar-refractivity contribution in [2.75, 3.05) is 5.32 Å². The Bertz CT molecular complexity index is 552. The Morgan fingerprint density at radius 1 is 1.11 bits per heavy atom. The van der Waals surface area contributed by atoms with Gasteiger partial charge in [-0.2, -0.15) is 0 Å². The Hall–Kier alpha value is -2.36. The summed E-state index contributed by atoms with van der Waals surface area (Å²) in [5.41, 5.74) is 1.71. The molecule has 18 heavy (non-hydrogen) atoms. The maximum Gasteiger partial charge on any atom is 0.336 e. The molecule has 0 aliphatic rings. The van der Waals surface area contributed by atoms with Crippen molar-refractivity contribution in [3.8, 4) is 0 Å². The number of nitrogens with one attached hydrogen (secondary N) is 1. The fourth-order valence-electron chi connectivity index (χ4n) is 1.65. The van der Waals surface area contributed by atoms with Crippen molar-refractivity contribution in [1.82, 2.24) is 0 Å². The summed E-state index contributed by atoms with van der Waals surface area (Å²) < 4.78 is 12.7.